The third kappa shape index (κ3) is 128. The molecule has 0 N–H and O–H groups in total. The number of rotatable bonds is 0. The van der Waals surface area contributed by atoms with E-state index < -0.39 is 0 Å². The van der Waals surface area contributed by atoms with Gasteiger partial charge >= 0.3 is 0 Å². The predicted molar refractivity (Wildman–Crippen MR) is 453 cm³/mol. The molecule has 0 atom stereocenters. The first-order valence-electron chi connectivity index (χ1n) is 32.9. The zero-order valence-electron chi connectivity index (χ0n) is 69.8. The first kappa shape index (κ1) is 145. The van der Waals surface area contributed by atoms with Crippen molar-refractivity contribution in [2.45, 2.75) is 145 Å². The van der Waals surface area contributed by atoms with E-state index in [1.165, 1.54) is 0 Å². The van der Waals surface area contributed by atoms with Gasteiger partial charge in [-0.15, -0.1) is 0 Å². The van der Waals surface area contributed by atoms with E-state index in [0.29, 0.717) is 0 Å². The van der Waals surface area contributed by atoms with Crippen LogP contribution in [0.4, 0.5) is 0 Å². The second-order valence-electron chi connectivity index (χ2n) is 17.1. The predicted octanol–water partition coefficient (Wildman–Crippen LogP) is 28.2. The molecule has 0 saturated carbocycles. The molecule has 6 radical (unpaired) electrons. The molecule has 12 rings (SSSR count). The molecule has 0 saturated heterocycles. The Kier molecular flexibility index (Phi) is 180. The standard InChI is InChI=1S/3C7H9N.3C6H7N.6C6H6.6C2H6.6CH3.6V/c3*1-6-4-3-5-7(2)8-6;3*1-6-4-2-3-5-7-6;6*1-2-4-6-5-3-1;6*1-2;;;;;;;;;;;;/h3*3-5H,1-2H3;3*2-5H,1H3;6*1-6H;6*1-2H3;6*1H3;;;;;;/q;;;;;;;;;;;;;;;;;;6*-1;;;;;;. The van der Waals surface area contributed by atoms with Crippen molar-refractivity contribution in [3.05, 3.63) is 442 Å². The van der Waals surface area contributed by atoms with Gasteiger partial charge in [-0.2, -0.15) is 0 Å². The molecule has 576 valence electrons. The molecule has 6 nitrogen and oxygen atoms in total. The summed E-state index contributed by atoms with van der Waals surface area (Å²) in [5.41, 5.74) is 9.74. The van der Waals surface area contributed by atoms with Crippen LogP contribution in [0.3, 0.4) is 0 Å². The molecular formula is C93H138N6V6-6. The number of aromatic nitrogens is 6. The monoisotopic (exact) mass is 1640 g/mol. The summed E-state index contributed by atoms with van der Waals surface area (Å²) in [5.74, 6) is 0. The van der Waals surface area contributed by atoms with Gasteiger partial charge in [0.05, 0.1) is 0 Å². The zero-order chi connectivity index (χ0) is 70.7. The Hall–Kier alpha value is -6.27. The third-order valence-corrected chi connectivity index (χ3v) is 9.52. The molecule has 0 aliphatic carbocycles. The van der Waals surface area contributed by atoms with Crippen molar-refractivity contribution in [2.75, 3.05) is 0 Å². The molecule has 6 aromatic carbocycles. The molecule has 0 unspecified atom stereocenters. The van der Waals surface area contributed by atoms with E-state index in [1.807, 2.05) is 473 Å². The van der Waals surface area contributed by atoms with Crippen molar-refractivity contribution >= 4 is 0 Å². The fourth-order valence-corrected chi connectivity index (χ4v) is 5.69. The average Bonchev–Trinajstić information content (AvgIpc) is 1.02. The maximum atomic E-state index is 4.17. The van der Waals surface area contributed by atoms with Gasteiger partial charge in [0, 0.05) is 181 Å². The normalized spacial score (nSPS) is 6.94. The van der Waals surface area contributed by atoms with Crippen LogP contribution in [0, 0.1) is 107 Å². The Labute approximate surface area is 721 Å². The van der Waals surface area contributed by atoms with E-state index in [1.54, 1.807) is 18.6 Å². The van der Waals surface area contributed by atoms with Gasteiger partial charge in [-0.05, 0) is 135 Å². The van der Waals surface area contributed by atoms with Gasteiger partial charge in [-0.25, -0.2) is 0 Å². The first-order valence-corrected chi connectivity index (χ1v) is 32.9. The molecule has 0 aliphatic heterocycles. The van der Waals surface area contributed by atoms with Crippen LogP contribution in [0.15, 0.2) is 346 Å². The van der Waals surface area contributed by atoms with Crippen molar-refractivity contribution in [3.8, 4) is 0 Å². The van der Waals surface area contributed by atoms with Crippen molar-refractivity contribution in [1.29, 1.82) is 0 Å². The Bertz CT molecular complexity index is 2470. The van der Waals surface area contributed by atoms with Crippen LogP contribution in [0.25, 0.3) is 0 Å². The fraction of sp³-hybridized carbons (Fsp3) is 0.226. The molecule has 0 fully saturated rings. The number of hydrogen-bond donors (Lipinski definition) is 0. The van der Waals surface area contributed by atoms with Crippen LogP contribution >= 0.6 is 0 Å². The van der Waals surface area contributed by atoms with Crippen LogP contribution in [0.2, 0.25) is 0 Å². The van der Waals surface area contributed by atoms with Crippen LogP contribution in [-0.4, -0.2) is 29.9 Å². The summed E-state index contributed by atoms with van der Waals surface area (Å²) < 4.78 is 0. The van der Waals surface area contributed by atoms with E-state index in [2.05, 4.69) is 29.9 Å². The van der Waals surface area contributed by atoms with E-state index in [-0.39, 0.29) is 156 Å². The molecule has 6 heterocycles. The number of benzene rings is 6. The Morgan fingerprint density at radius 2 is 0.229 bits per heavy atom. The van der Waals surface area contributed by atoms with Gasteiger partial charge in [-0.1, -0.05) is 338 Å². The summed E-state index contributed by atoms with van der Waals surface area (Å²) in [6.07, 6.45) is 5.36. The van der Waals surface area contributed by atoms with Gasteiger partial charge in [-0.3, -0.25) is 29.9 Å². The largest absolute Gasteiger partial charge is 0.358 e. The summed E-state index contributed by atoms with van der Waals surface area (Å²) in [7, 11) is 0. The van der Waals surface area contributed by atoms with Gasteiger partial charge in [0.15, 0.2) is 0 Å². The molecule has 105 heavy (non-hydrogen) atoms. The van der Waals surface area contributed by atoms with E-state index in [0.717, 1.165) is 51.2 Å². The van der Waals surface area contributed by atoms with Gasteiger partial charge < -0.3 is 44.6 Å². The Morgan fingerprint density at radius 3 is 0.276 bits per heavy atom. The molecule has 12 aromatic rings. The first-order chi connectivity index (χ1) is 45.5. The Morgan fingerprint density at radius 1 is 0.133 bits per heavy atom. The number of aryl methyl sites for hydroxylation is 9. The van der Waals surface area contributed by atoms with Crippen LogP contribution in [-0.2, 0) is 111 Å². The molecule has 0 amide bonds. The van der Waals surface area contributed by atoms with Crippen molar-refractivity contribution < 1.29 is 111 Å². The molecule has 0 aliphatic rings. The second-order valence-corrected chi connectivity index (χ2v) is 17.1. The Balaban J connectivity index is -0.0000000480. The van der Waals surface area contributed by atoms with Crippen LogP contribution in [0.5, 0.6) is 0 Å². The summed E-state index contributed by atoms with van der Waals surface area (Å²) in [6.45, 7) is 41.9. The SMILES string of the molecule is CC.CC.CC.CC.CC.CC.Cc1cccc(C)n1.Cc1cccc(C)n1.Cc1cccc(C)n1.Cc1ccccn1.Cc1ccccn1.Cc1ccccn1.[CH3-].[CH3-].[CH3-].[CH3-].[CH3-].[CH3-].[V].[V].[V].[V].[V].[V].c1ccccc1.c1ccccc1.c1ccccc1.c1ccccc1.c1ccccc1.c1ccccc1. The smallest absolute Gasteiger partial charge is 0.0375 e. The number of hydrogen-bond acceptors (Lipinski definition) is 6. The van der Waals surface area contributed by atoms with Gasteiger partial charge in [0.1, 0.15) is 0 Å². The molecule has 0 bridgehead atoms. The van der Waals surface area contributed by atoms with Crippen molar-refractivity contribution in [3.63, 3.8) is 0 Å². The number of pyridine rings is 6. The van der Waals surface area contributed by atoms with Crippen LogP contribution in [0.1, 0.15) is 134 Å². The fourth-order valence-electron chi connectivity index (χ4n) is 5.69. The maximum Gasteiger partial charge on any atom is 0.0375 e. The third-order valence-electron chi connectivity index (χ3n) is 9.52. The minimum atomic E-state index is 0. The zero-order valence-corrected chi connectivity index (χ0v) is 78.2. The molecule has 0 spiro atoms. The van der Waals surface area contributed by atoms with E-state index >= 15 is 0 Å². The average molecular weight is 1650 g/mol. The summed E-state index contributed by atoms with van der Waals surface area (Å²) >= 11 is 0. The topological polar surface area (TPSA) is 77.3 Å². The number of nitrogens with zero attached hydrogens (tertiary/aromatic N) is 6. The summed E-state index contributed by atoms with van der Waals surface area (Å²) in [5, 5.41) is 0. The minimum Gasteiger partial charge on any atom is -0.358 e. The molecule has 12 heteroatoms. The molecular weight excluding hydrogens is 1510 g/mol. The summed E-state index contributed by atoms with van der Waals surface area (Å²) in [4.78, 5) is 24.5. The van der Waals surface area contributed by atoms with Gasteiger partial charge in [0.2, 0.25) is 0 Å². The van der Waals surface area contributed by atoms with E-state index in [4.69, 9.17) is 0 Å². The van der Waals surface area contributed by atoms with E-state index in [9.17, 15) is 0 Å². The van der Waals surface area contributed by atoms with Crippen LogP contribution < -0.4 is 0 Å². The van der Waals surface area contributed by atoms with Crippen molar-refractivity contribution in [2.24, 2.45) is 0 Å². The van der Waals surface area contributed by atoms with Crippen molar-refractivity contribution in [1.82, 2.24) is 29.9 Å². The molecule has 6 aromatic heterocycles. The maximum absolute atomic E-state index is 4.17. The van der Waals surface area contributed by atoms with Gasteiger partial charge in [0.25, 0.3) is 0 Å². The second kappa shape index (κ2) is 130. The minimum absolute atomic E-state index is 0. The quantitative estimate of drug-likeness (QED) is 0.141. The summed E-state index contributed by atoms with van der Waals surface area (Å²) in [6, 6.07) is 108.